The molecule has 1 amide bonds. The predicted octanol–water partition coefficient (Wildman–Crippen LogP) is 3.63. The summed E-state index contributed by atoms with van der Waals surface area (Å²) >= 11 is 10.5. The van der Waals surface area contributed by atoms with Gasteiger partial charge in [0, 0.05) is 12.7 Å². The Morgan fingerprint density at radius 3 is 3.06 bits per heavy atom. The van der Waals surface area contributed by atoms with Crippen molar-refractivity contribution in [2.75, 3.05) is 5.32 Å². The second-order valence-corrected chi connectivity index (χ2v) is 6.10. The van der Waals surface area contributed by atoms with Gasteiger partial charge in [-0.15, -0.1) is 0 Å². The number of hydrogen-bond acceptors (Lipinski definition) is 3. The molecule has 0 atom stereocenters. The molecule has 17 heavy (non-hydrogen) atoms. The Bertz CT molecular complexity index is 551. The molecule has 2 aromatic heterocycles. The minimum atomic E-state index is -0.208. The molecule has 2 aromatic rings. The van der Waals surface area contributed by atoms with E-state index >= 15 is 0 Å². The van der Waals surface area contributed by atoms with Crippen molar-refractivity contribution < 1.29 is 4.79 Å². The Kier molecular flexibility index (Phi) is 3.86. The third kappa shape index (κ3) is 2.88. The van der Waals surface area contributed by atoms with Crippen LogP contribution in [-0.4, -0.2) is 15.5 Å². The molecule has 0 radical (unpaired) electrons. The van der Waals surface area contributed by atoms with Gasteiger partial charge in [-0.25, -0.2) is 4.98 Å². The van der Waals surface area contributed by atoms with Gasteiger partial charge in [0.05, 0.1) is 15.0 Å². The third-order valence-electron chi connectivity index (χ3n) is 2.13. The Hall–Kier alpha value is -0.850. The number of nitrogens with zero attached hydrogens (tertiary/aromatic N) is 2. The molecule has 0 fully saturated rings. The molecule has 2 heterocycles. The summed E-state index contributed by atoms with van der Waals surface area (Å²) in [5, 5.41) is 3.84. The molecular weight excluding hydrogens is 326 g/mol. The van der Waals surface area contributed by atoms with Gasteiger partial charge in [-0.3, -0.25) is 10.1 Å². The van der Waals surface area contributed by atoms with Gasteiger partial charge in [-0.1, -0.05) is 22.9 Å². The van der Waals surface area contributed by atoms with Crippen LogP contribution >= 0.6 is 38.9 Å². The molecule has 1 N–H and O–H groups in total. The number of anilines is 1. The molecule has 0 saturated carbocycles. The fraction of sp³-hybridized carbons (Fsp3) is 0.200. The number of thiazole rings is 1. The van der Waals surface area contributed by atoms with Crippen molar-refractivity contribution in [3.05, 3.63) is 33.0 Å². The average Bonchev–Trinajstić information content (AvgIpc) is 2.84. The summed E-state index contributed by atoms with van der Waals surface area (Å²) in [5.41, 5.74) is 0.531. The van der Waals surface area contributed by atoms with Crippen molar-refractivity contribution in [2.45, 2.75) is 13.5 Å². The third-order valence-corrected chi connectivity index (χ3v) is 3.73. The van der Waals surface area contributed by atoms with E-state index in [0.717, 1.165) is 3.79 Å². The van der Waals surface area contributed by atoms with Gasteiger partial charge >= 0.3 is 0 Å². The predicted molar refractivity (Wildman–Crippen MR) is 72.9 cm³/mol. The maximum absolute atomic E-state index is 12.0. The summed E-state index contributed by atoms with van der Waals surface area (Å²) in [6.45, 7) is 2.64. The first-order chi connectivity index (χ1) is 8.10. The second-order valence-electron chi connectivity index (χ2n) is 3.25. The van der Waals surface area contributed by atoms with Crippen LogP contribution < -0.4 is 5.32 Å². The lowest BCUT2D eigenvalue weighted by molar-refractivity contribution is 0.101. The first-order valence-electron chi connectivity index (χ1n) is 4.88. The minimum absolute atomic E-state index is 0.208. The first-order valence-corrected chi connectivity index (χ1v) is 6.87. The summed E-state index contributed by atoms with van der Waals surface area (Å²) in [5.74, 6) is -0.208. The number of hydrogen-bond donors (Lipinski definition) is 1. The van der Waals surface area contributed by atoms with E-state index < -0.39 is 0 Å². The zero-order valence-electron chi connectivity index (χ0n) is 8.91. The number of rotatable bonds is 3. The van der Waals surface area contributed by atoms with Crippen molar-refractivity contribution in [1.82, 2.24) is 9.55 Å². The summed E-state index contributed by atoms with van der Waals surface area (Å²) in [6.07, 6.45) is 3.38. The fourth-order valence-corrected chi connectivity index (χ4v) is 2.72. The molecular formula is C10H9BrClN3OS. The summed E-state index contributed by atoms with van der Waals surface area (Å²) in [4.78, 5) is 16.0. The molecule has 0 aliphatic rings. The molecule has 0 aliphatic carbocycles. The van der Waals surface area contributed by atoms with Crippen LogP contribution in [0.2, 0.25) is 5.02 Å². The van der Waals surface area contributed by atoms with E-state index in [9.17, 15) is 4.79 Å². The van der Waals surface area contributed by atoms with Gasteiger partial charge in [0.15, 0.2) is 5.13 Å². The standard InChI is InChI=1S/C10H9BrClN3OS/c1-2-15-5-6(12)3-7(15)9(16)14-10-13-4-8(11)17-10/h3-5H,2H2,1H3,(H,13,14,16). The quantitative estimate of drug-likeness (QED) is 0.931. The normalized spacial score (nSPS) is 10.5. The highest BCUT2D eigenvalue weighted by atomic mass is 79.9. The van der Waals surface area contributed by atoms with Crippen LogP contribution in [0.1, 0.15) is 17.4 Å². The lowest BCUT2D eigenvalue weighted by atomic mass is 10.4. The molecule has 0 aromatic carbocycles. The van der Waals surface area contributed by atoms with Crippen LogP contribution in [0, 0.1) is 0 Å². The number of carbonyl (C=O) groups is 1. The Morgan fingerprint density at radius 2 is 2.47 bits per heavy atom. The van der Waals surface area contributed by atoms with Crippen LogP contribution in [0.4, 0.5) is 5.13 Å². The van der Waals surface area contributed by atoms with Crippen LogP contribution in [0.5, 0.6) is 0 Å². The first kappa shape index (κ1) is 12.6. The lowest BCUT2D eigenvalue weighted by Crippen LogP contribution is -2.16. The van der Waals surface area contributed by atoms with E-state index in [1.807, 2.05) is 6.92 Å². The van der Waals surface area contributed by atoms with Crippen molar-refractivity contribution in [3.8, 4) is 0 Å². The lowest BCUT2D eigenvalue weighted by Gasteiger charge is -2.04. The summed E-state index contributed by atoms with van der Waals surface area (Å²) < 4.78 is 2.66. The number of carbonyl (C=O) groups excluding carboxylic acids is 1. The highest BCUT2D eigenvalue weighted by molar-refractivity contribution is 9.11. The monoisotopic (exact) mass is 333 g/mol. The maximum Gasteiger partial charge on any atom is 0.274 e. The topological polar surface area (TPSA) is 46.9 Å². The van der Waals surface area contributed by atoms with E-state index in [4.69, 9.17) is 11.6 Å². The van der Waals surface area contributed by atoms with E-state index in [1.165, 1.54) is 11.3 Å². The highest BCUT2D eigenvalue weighted by Gasteiger charge is 2.13. The van der Waals surface area contributed by atoms with E-state index in [2.05, 4.69) is 26.2 Å². The largest absolute Gasteiger partial charge is 0.342 e. The van der Waals surface area contributed by atoms with Crippen LogP contribution in [0.3, 0.4) is 0 Å². The van der Waals surface area contributed by atoms with Gasteiger partial charge in [-0.05, 0) is 28.9 Å². The van der Waals surface area contributed by atoms with E-state index in [1.54, 1.807) is 23.0 Å². The number of aryl methyl sites for hydroxylation is 1. The smallest absolute Gasteiger partial charge is 0.274 e. The maximum atomic E-state index is 12.0. The van der Waals surface area contributed by atoms with Crippen LogP contribution in [-0.2, 0) is 6.54 Å². The van der Waals surface area contributed by atoms with Gasteiger partial charge in [0.1, 0.15) is 5.69 Å². The molecule has 0 unspecified atom stereocenters. The van der Waals surface area contributed by atoms with E-state index in [0.29, 0.717) is 22.4 Å². The summed E-state index contributed by atoms with van der Waals surface area (Å²) in [7, 11) is 0. The zero-order valence-corrected chi connectivity index (χ0v) is 12.1. The van der Waals surface area contributed by atoms with E-state index in [-0.39, 0.29) is 5.91 Å². The minimum Gasteiger partial charge on any atom is -0.342 e. The number of halogens is 2. The molecule has 0 bridgehead atoms. The van der Waals surface area contributed by atoms with Gasteiger partial charge in [-0.2, -0.15) is 0 Å². The second kappa shape index (κ2) is 5.20. The highest BCUT2D eigenvalue weighted by Crippen LogP contribution is 2.24. The van der Waals surface area contributed by atoms with Gasteiger partial charge in [0.2, 0.25) is 0 Å². The van der Waals surface area contributed by atoms with Crippen molar-refractivity contribution in [3.63, 3.8) is 0 Å². The number of aromatic nitrogens is 2. The number of amides is 1. The summed E-state index contributed by atoms with van der Waals surface area (Å²) in [6, 6.07) is 1.64. The van der Waals surface area contributed by atoms with Gasteiger partial charge in [0.25, 0.3) is 5.91 Å². The van der Waals surface area contributed by atoms with Gasteiger partial charge < -0.3 is 4.57 Å². The Morgan fingerprint density at radius 1 is 1.71 bits per heavy atom. The molecule has 7 heteroatoms. The molecule has 90 valence electrons. The van der Waals surface area contributed by atoms with Crippen molar-refractivity contribution in [1.29, 1.82) is 0 Å². The molecule has 0 aliphatic heterocycles. The molecule has 0 spiro atoms. The van der Waals surface area contributed by atoms with Crippen molar-refractivity contribution in [2.24, 2.45) is 0 Å². The van der Waals surface area contributed by atoms with Crippen LogP contribution in [0.15, 0.2) is 22.2 Å². The van der Waals surface area contributed by atoms with Crippen molar-refractivity contribution >= 4 is 49.9 Å². The Labute approximate surface area is 116 Å². The molecule has 2 rings (SSSR count). The Balaban J connectivity index is 2.19. The number of nitrogens with one attached hydrogen (secondary N) is 1. The average molecular weight is 335 g/mol. The molecule has 4 nitrogen and oxygen atoms in total. The zero-order chi connectivity index (χ0) is 12.4. The van der Waals surface area contributed by atoms with Crippen LogP contribution in [0.25, 0.3) is 0 Å². The fourth-order valence-electron chi connectivity index (χ4n) is 1.40. The SMILES string of the molecule is CCn1cc(Cl)cc1C(=O)Nc1ncc(Br)s1. The molecule has 0 saturated heterocycles.